The molecule has 0 aromatic rings. The van der Waals surface area contributed by atoms with Crippen LogP contribution in [0.5, 0.6) is 0 Å². The van der Waals surface area contributed by atoms with Crippen LogP contribution in [-0.2, 0) is 33.2 Å². The maximum atomic E-state index is 14.7. The van der Waals surface area contributed by atoms with Crippen LogP contribution in [0.4, 0.5) is 0 Å². The number of aliphatic hydroxyl groups is 11. The SMILES string of the molecule is CC1(C)CCC2(C(=O)OC3OC(CO)C(O)C(O)C3O)C(O)CC3(C)C(=CCC4C5(C)CCC(OC6OCC(O)C(OC7OC(CO)C(O)C(O)C7O)C6O)C(C)(C)C5CCC43C)C2C1. The first-order chi connectivity index (χ1) is 30.3. The van der Waals surface area contributed by atoms with E-state index in [4.69, 9.17) is 28.4 Å². The summed E-state index contributed by atoms with van der Waals surface area (Å²) in [7, 11) is 0. The lowest BCUT2D eigenvalue weighted by atomic mass is 9.33. The summed E-state index contributed by atoms with van der Waals surface area (Å²) in [5.41, 5.74) is -1.81. The average Bonchev–Trinajstić information content (AvgIpc) is 3.24. The van der Waals surface area contributed by atoms with Crippen LogP contribution in [0.1, 0.15) is 106 Å². The summed E-state index contributed by atoms with van der Waals surface area (Å²) in [5, 5.41) is 117. The van der Waals surface area contributed by atoms with Crippen LogP contribution in [0.3, 0.4) is 0 Å². The van der Waals surface area contributed by atoms with Crippen molar-refractivity contribution in [2.45, 2.75) is 204 Å². The maximum Gasteiger partial charge on any atom is 0.317 e. The van der Waals surface area contributed by atoms with E-state index in [0.717, 1.165) is 31.3 Å². The van der Waals surface area contributed by atoms with Crippen LogP contribution in [0.2, 0.25) is 0 Å². The minimum absolute atomic E-state index is 0.160. The van der Waals surface area contributed by atoms with Gasteiger partial charge in [-0.15, -0.1) is 0 Å². The second kappa shape index (κ2) is 17.5. The first kappa shape index (κ1) is 50.0. The van der Waals surface area contributed by atoms with E-state index >= 15 is 0 Å². The number of rotatable bonds is 8. The molecule has 11 N–H and O–H groups in total. The molecule has 0 aromatic carbocycles. The van der Waals surface area contributed by atoms with E-state index in [9.17, 15) is 61.0 Å². The van der Waals surface area contributed by atoms with Gasteiger partial charge in [0, 0.05) is 0 Å². The average molecular weight is 929 g/mol. The van der Waals surface area contributed by atoms with Crippen LogP contribution in [0.25, 0.3) is 0 Å². The summed E-state index contributed by atoms with van der Waals surface area (Å²) in [6.45, 7) is 14.1. The zero-order valence-electron chi connectivity index (χ0n) is 38.8. The van der Waals surface area contributed by atoms with E-state index in [-0.39, 0.29) is 40.8 Å². The molecule has 0 spiro atoms. The Kier molecular flexibility index (Phi) is 13.4. The van der Waals surface area contributed by atoms with Crippen LogP contribution >= 0.6 is 0 Å². The highest BCUT2D eigenvalue weighted by Crippen LogP contribution is 2.76. The van der Waals surface area contributed by atoms with Gasteiger partial charge in [-0.05, 0) is 103 Å². The fraction of sp³-hybridized carbons (Fsp3) is 0.936. The van der Waals surface area contributed by atoms with Gasteiger partial charge in [-0.3, -0.25) is 4.79 Å². The van der Waals surface area contributed by atoms with Gasteiger partial charge in [0.15, 0.2) is 12.6 Å². The molecular weight excluding hydrogens is 852 g/mol. The molecule has 372 valence electrons. The Morgan fingerprint density at radius 3 is 1.92 bits per heavy atom. The number of carbonyl (C=O) groups is 1. The Morgan fingerprint density at radius 2 is 1.29 bits per heavy atom. The molecule has 18 nitrogen and oxygen atoms in total. The van der Waals surface area contributed by atoms with Crippen molar-refractivity contribution < 1.29 is 89.4 Å². The summed E-state index contributed by atoms with van der Waals surface area (Å²) in [5.74, 6) is -0.778. The Morgan fingerprint density at radius 1 is 0.677 bits per heavy atom. The van der Waals surface area contributed by atoms with Gasteiger partial charge in [-0.25, -0.2) is 0 Å². The van der Waals surface area contributed by atoms with Crippen molar-refractivity contribution in [1.82, 2.24) is 0 Å². The molecule has 0 aromatic heterocycles. The van der Waals surface area contributed by atoms with Crippen LogP contribution in [0, 0.1) is 50.2 Å². The molecule has 8 rings (SSSR count). The minimum Gasteiger partial charge on any atom is -0.432 e. The molecule has 23 atom stereocenters. The fourth-order valence-corrected chi connectivity index (χ4v) is 14.9. The summed E-state index contributed by atoms with van der Waals surface area (Å²) < 4.78 is 35.4. The van der Waals surface area contributed by atoms with E-state index in [0.29, 0.717) is 32.1 Å². The third kappa shape index (κ3) is 7.71. The van der Waals surface area contributed by atoms with E-state index in [1.807, 2.05) is 0 Å². The molecule has 65 heavy (non-hydrogen) atoms. The lowest BCUT2D eigenvalue weighted by Crippen LogP contribution is -2.68. The summed E-state index contributed by atoms with van der Waals surface area (Å²) in [6.07, 6.45) is -14.8. The number of ether oxygens (including phenoxy) is 6. The molecule has 5 aliphatic carbocycles. The van der Waals surface area contributed by atoms with Crippen molar-refractivity contribution in [3.05, 3.63) is 11.6 Å². The molecule has 4 saturated carbocycles. The van der Waals surface area contributed by atoms with Gasteiger partial charge >= 0.3 is 5.97 Å². The van der Waals surface area contributed by atoms with Gasteiger partial charge in [-0.2, -0.15) is 0 Å². The number of allylic oxidation sites excluding steroid dienone is 2. The zero-order chi connectivity index (χ0) is 47.6. The Labute approximate surface area is 380 Å². The van der Waals surface area contributed by atoms with Crippen molar-refractivity contribution >= 4 is 5.97 Å². The van der Waals surface area contributed by atoms with Crippen molar-refractivity contribution in [2.75, 3.05) is 19.8 Å². The molecule has 0 bridgehead atoms. The van der Waals surface area contributed by atoms with Crippen molar-refractivity contribution in [3.63, 3.8) is 0 Å². The van der Waals surface area contributed by atoms with Crippen molar-refractivity contribution in [1.29, 1.82) is 0 Å². The highest BCUT2D eigenvalue weighted by atomic mass is 16.7. The lowest BCUT2D eigenvalue weighted by molar-refractivity contribution is -0.357. The molecule has 8 aliphatic rings. The highest BCUT2D eigenvalue weighted by Gasteiger charge is 2.72. The van der Waals surface area contributed by atoms with Crippen LogP contribution in [-0.4, -0.2) is 180 Å². The number of hydrogen-bond donors (Lipinski definition) is 11. The van der Waals surface area contributed by atoms with E-state index in [1.165, 1.54) is 0 Å². The largest absolute Gasteiger partial charge is 0.432 e. The topological polar surface area (TPSA) is 295 Å². The Balaban J connectivity index is 1.02. The Bertz CT molecular complexity index is 1770. The molecule has 3 saturated heterocycles. The van der Waals surface area contributed by atoms with Gasteiger partial charge in [0.1, 0.15) is 72.6 Å². The lowest BCUT2D eigenvalue weighted by Gasteiger charge is -2.71. The standard InChI is InChI=1S/C47H76O18/c1-42(2)14-15-47(41(59)65-40-35(57)33(55)31(53)25(19-49)62-40)22(16-42)21-8-9-27-44(5)12-11-29(43(3,4)26(44)10-13-45(27,6)46(21,7)17-28(47)51)63-38-36(58)37(23(50)20-60-38)64-39-34(56)32(54)30(52)24(18-48)61-39/h8,22-40,48-58H,9-20H2,1-7H3. The first-order valence-electron chi connectivity index (χ1n) is 23.8. The van der Waals surface area contributed by atoms with Crippen molar-refractivity contribution in [2.24, 2.45) is 50.2 Å². The quantitative estimate of drug-likeness (QED) is 0.0850. The molecule has 7 fully saturated rings. The van der Waals surface area contributed by atoms with Crippen molar-refractivity contribution in [3.8, 4) is 0 Å². The van der Waals surface area contributed by atoms with Gasteiger partial charge < -0.3 is 84.6 Å². The molecule has 3 aliphatic heterocycles. The number of aliphatic hydroxyl groups excluding tert-OH is 11. The predicted octanol–water partition coefficient (Wildman–Crippen LogP) is -0.250. The minimum atomic E-state index is -1.77. The molecule has 3 heterocycles. The number of hydrogen-bond acceptors (Lipinski definition) is 18. The van der Waals surface area contributed by atoms with E-state index in [1.54, 1.807) is 0 Å². The van der Waals surface area contributed by atoms with Crippen LogP contribution in [0.15, 0.2) is 11.6 Å². The van der Waals surface area contributed by atoms with Crippen LogP contribution < -0.4 is 0 Å². The summed E-state index contributed by atoms with van der Waals surface area (Å²) in [4.78, 5) is 14.7. The molecular formula is C47H76O18. The maximum absolute atomic E-state index is 14.7. The molecule has 18 heteroatoms. The zero-order valence-corrected chi connectivity index (χ0v) is 38.8. The number of esters is 1. The smallest absolute Gasteiger partial charge is 0.317 e. The molecule has 23 unspecified atom stereocenters. The Hall–Kier alpha value is -1.43. The molecule has 0 radical (unpaired) electrons. The third-order valence-corrected chi connectivity index (χ3v) is 18.9. The first-order valence-corrected chi connectivity index (χ1v) is 23.8. The summed E-state index contributed by atoms with van der Waals surface area (Å²) in [6, 6.07) is 0. The second-order valence-electron chi connectivity index (χ2n) is 23.1. The van der Waals surface area contributed by atoms with Gasteiger partial charge in [0.2, 0.25) is 6.29 Å². The highest BCUT2D eigenvalue weighted by molar-refractivity contribution is 5.80. The second-order valence-corrected chi connectivity index (χ2v) is 23.1. The monoisotopic (exact) mass is 929 g/mol. The van der Waals surface area contributed by atoms with E-state index in [2.05, 4.69) is 54.5 Å². The predicted molar refractivity (Wildman–Crippen MR) is 226 cm³/mol. The molecule has 0 amide bonds. The number of carbonyl (C=O) groups excluding carboxylic acids is 1. The van der Waals surface area contributed by atoms with Gasteiger partial charge in [0.05, 0.1) is 32.0 Å². The fourth-order valence-electron chi connectivity index (χ4n) is 14.9. The van der Waals surface area contributed by atoms with E-state index < -0.39 is 133 Å². The third-order valence-electron chi connectivity index (χ3n) is 18.9. The summed E-state index contributed by atoms with van der Waals surface area (Å²) >= 11 is 0. The van der Waals surface area contributed by atoms with Gasteiger partial charge in [-0.1, -0.05) is 60.1 Å². The normalized spacial score (nSPS) is 53.9. The number of fused-ring (bicyclic) bond motifs is 7. The van der Waals surface area contributed by atoms with Gasteiger partial charge in [0.25, 0.3) is 0 Å².